The number of aryl methyl sites for hydroxylation is 1. The van der Waals surface area contributed by atoms with Crippen LogP contribution < -0.4 is 4.90 Å². The SMILES string of the molecule is CCN(C(=O)COC(=O)CCc1nc2ccccc2s1)c1ccccc1. The van der Waals surface area contributed by atoms with E-state index in [2.05, 4.69) is 4.98 Å². The molecule has 134 valence electrons. The van der Waals surface area contributed by atoms with Gasteiger partial charge in [-0.2, -0.15) is 0 Å². The van der Waals surface area contributed by atoms with E-state index in [1.807, 2.05) is 61.5 Å². The number of amides is 1. The van der Waals surface area contributed by atoms with E-state index < -0.39 is 0 Å². The summed E-state index contributed by atoms with van der Waals surface area (Å²) in [4.78, 5) is 30.4. The molecule has 1 aromatic heterocycles. The van der Waals surface area contributed by atoms with E-state index in [0.717, 1.165) is 20.9 Å². The zero-order valence-corrected chi connectivity index (χ0v) is 15.4. The molecule has 0 atom stereocenters. The Bertz CT molecular complexity index is 859. The number of nitrogens with zero attached hydrogens (tertiary/aromatic N) is 2. The number of aromatic nitrogens is 1. The first kappa shape index (κ1) is 18.1. The van der Waals surface area contributed by atoms with Gasteiger partial charge in [0.05, 0.1) is 21.6 Å². The number of para-hydroxylation sites is 2. The minimum Gasteiger partial charge on any atom is -0.456 e. The normalized spacial score (nSPS) is 10.7. The largest absolute Gasteiger partial charge is 0.456 e. The molecular formula is C20H20N2O3S. The Labute approximate surface area is 156 Å². The average molecular weight is 368 g/mol. The van der Waals surface area contributed by atoms with Crippen LogP contribution in [-0.2, 0) is 20.7 Å². The molecule has 3 aromatic rings. The van der Waals surface area contributed by atoms with Crippen LogP contribution in [0.3, 0.4) is 0 Å². The van der Waals surface area contributed by atoms with Crippen molar-refractivity contribution in [2.75, 3.05) is 18.1 Å². The Hall–Kier alpha value is -2.73. The standard InChI is InChI=1S/C20H20N2O3S/c1-2-22(15-8-4-3-5-9-15)19(23)14-25-20(24)13-12-18-21-16-10-6-7-11-17(16)26-18/h3-11H,2,12-14H2,1H3. The topological polar surface area (TPSA) is 59.5 Å². The van der Waals surface area contributed by atoms with Crippen LogP contribution in [0, 0.1) is 0 Å². The summed E-state index contributed by atoms with van der Waals surface area (Å²) >= 11 is 1.58. The number of thiazole rings is 1. The molecule has 3 rings (SSSR count). The number of fused-ring (bicyclic) bond motifs is 1. The molecule has 0 aliphatic carbocycles. The van der Waals surface area contributed by atoms with Crippen molar-refractivity contribution in [2.24, 2.45) is 0 Å². The third-order valence-electron chi connectivity index (χ3n) is 3.92. The van der Waals surface area contributed by atoms with Gasteiger partial charge in [-0.3, -0.25) is 9.59 Å². The summed E-state index contributed by atoms with van der Waals surface area (Å²) in [5.41, 5.74) is 1.74. The summed E-state index contributed by atoms with van der Waals surface area (Å²) in [7, 11) is 0. The minimum atomic E-state index is -0.387. The Morgan fingerprint density at radius 1 is 1.08 bits per heavy atom. The van der Waals surface area contributed by atoms with Crippen molar-refractivity contribution in [2.45, 2.75) is 19.8 Å². The number of carbonyl (C=O) groups excluding carboxylic acids is 2. The monoisotopic (exact) mass is 368 g/mol. The Morgan fingerprint density at radius 2 is 1.81 bits per heavy atom. The number of rotatable bonds is 7. The maximum atomic E-state index is 12.3. The highest BCUT2D eigenvalue weighted by Gasteiger charge is 2.16. The first-order valence-corrected chi connectivity index (χ1v) is 9.34. The predicted molar refractivity (Wildman–Crippen MR) is 103 cm³/mol. The smallest absolute Gasteiger partial charge is 0.306 e. The lowest BCUT2D eigenvalue weighted by molar-refractivity contribution is -0.147. The quantitative estimate of drug-likeness (QED) is 0.595. The van der Waals surface area contributed by atoms with Gasteiger partial charge in [-0.1, -0.05) is 30.3 Å². The molecule has 0 aliphatic heterocycles. The number of hydrogen-bond acceptors (Lipinski definition) is 5. The van der Waals surface area contributed by atoms with Crippen LogP contribution in [0.2, 0.25) is 0 Å². The molecule has 0 N–H and O–H groups in total. The predicted octanol–water partition coefficient (Wildman–Crippen LogP) is 3.83. The summed E-state index contributed by atoms with van der Waals surface area (Å²) < 4.78 is 6.25. The average Bonchev–Trinajstić information content (AvgIpc) is 3.09. The summed E-state index contributed by atoms with van der Waals surface area (Å²) in [6, 6.07) is 17.2. The molecule has 6 heteroatoms. The molecule has 0 spiro atoms. The van der Waals surface area contributed by atoms with Gasteiger partial charge in [0.25, 0.3) is 5.91 Å². The molecule has 0 saturated heterocycles. The molecule has 5 nitrogen and oxygen atoms in total. The van der Waals surface area contributed by atoms with Crippen LogP contribution in [0.4, 0.5) is 5.69 Å². The highest BCUT2D eigenvalue weighted by molar-refractivity contribution is 7.18. The van der Waals surface area contributed by atoms with E-state index in [9.17, 15) is 9.59 Å². The summed E-state index contributed by atoms with van der Waals surface area (Å²) in [6.45, 7) is 2.16. The van der Waals surface area contributed by atoms with Crippen molar-refractivity contribution < 1.29 is 14.3 Å². The van der Waals surface area contributed by atoms with E-state index in [4.69, 9.17) is 4.74 Å². The minimum absolute atomic E-state index is 0.213. The lowest BCUT2D eigenvalue weighted by Gasteiger charge is -2.20. The summed E-state index contributed by atoms with van der Waals surface area (Å²) in [5.74, 6) is -0.617. The van der Waals surface area contributed by atoms with Crippen LogP contribution in [-0.4, -0.2) is 30.0 Å². The molecule has 0 unspecified atom stereocenters. The van der Waals surface area contributed by atoms with Gasteiger partial charge >= 0.3 is 5.97 Å². The van der Waals surface area contributed by atoms with Gasteiger partial charge in [0, 0.05) is 18.7 Å². The van der Waals surface area contributed by atoms with Crippen molar-refractivity contribution in [3.8, 4) is 0 Å². The molecule has 0 radical (unpaired) electrons. The fourth-order valence-electron chi connectivity index (χ4n) is 2.64. The summed E-state index contributed by atoms with van der Waals surface area (Å²) in [6.07, 6.45) is 0.729. The van der Waals surface area contributed by atoms with E-state index in [1.54, 1.807) is 16.2 Å². The number of likely N-dealkylation sites (N-methyl/N-ethyl adjacent to an activating group) is 1. The number of ether oxygens (including phenoxy) is 1. The Kier molecular flexibility index (Phi) is 5.96. The number of anilines is 1. The highest BCUT2D eigenvalue weighted by atomic mass is 32.1. The van der Waals surface area contributed by atoms with E-state index in [-0.39, 0.29) is 24.9 Å². The second kappa shape index (κ2) is 8.58. The molecule has 1 heterocycles. The first-order chi connectivity index (χ1) is 12.7. The maximum Gasteiger partial charge on any atom is 0.306 e. The number of carbonyl (C=O) groups is 2. The molecule has 2 aromatic carbocycles. The molecule has 1 amide bonds. The zero-order valence-electron chi connectivity index (χ0n) is 14.6. The fourth-order valence-corrected chi connectivity index (χ4v) is 3.61. The van der Waals surface area contributed by atoms with Crippen molar-refractivity contribution in [3.05, 3.63) is 59.6 Å². The molecule has 0 bridgehead atoms. The molecule has 0 saturated carbocycles. The number of hydrogen-bond donors (Lipinski definition) is 0. The van der Waals surface area contributed by atoms with Gasteiger partial charge in [-0.15, -0.1) is 11.3 Å². The third-order valence-corrected chi connectivity index (χ3v) is 5.02. The first-order valence-electron chi connectivity index (χ1n) is 8.53. The molecule has 0 aliphatic rings. The fraction of sp³-hybridized carbons (Fsp3) is 0.250. The lowest BCUT2D eigenvalue weighted by atomic mass is 10.3. The maximum absolute atomic E-state index is 12.3. The van der Waals surface area contributed by atoms with Gasteiger partial charge in [-0.25, -0.2) is 4.98 Å². The number of esters is 1. The van der Waals surface area contributed by atoms with E-state index >= 15 is 0 Å². The molecule has 26 heavy (non-hydrogen) atoms. The van der Waals surface area contributed by atoms with Crippen LogP contribution in [0.25, 0.3) is 10.2 Å². The van der Waals surface area contributed by atoms with Crippen LogP contribution in [0.5, 0.6) is 0 Å². The van der Waals surface area contributed by atoms with E-state index in [1.165, 1.54) is 0 Å². The molecular weight excluding hydrogens is 348 g/mol. The Balaban J connectivity index is 1.49. The highest BCUT2D eigenvalue weighted by Crippen LogP contribution is 2.22. The third kappa shape index (κ3) is 4.46. The van der Waals surface area contributed by atoms with Gasteiger partial charge < -0.3 is 9.64 Å². The van der Waals surface area contributed by atoms with Crippen molar-refractivity contribution in [1.29, 1.82) is 0 Å². The lowest BCUT2D eigenvalue weighted by Crippen LogP contribution is -2.34. The van der Waals surface area contributed by atoms with Gasteiger partial charge in [0.2, 0.25) is 0 Å². The van der Waals surface area contributed by atoms with Crippen LogP contribution >= 0.6 is 11.3 Å². The van der Waals surface area contributed by atoms with Crippen molar-refractivity contribution in [3.63, 3.8) is 0 Å². The second-order valence-electron chi connectivity index (χ2n) is 5.71. The number of benzene rings is 2. The van der Waals surface area contributed by atoms with Crippen LogP contribution in [0.1, 0.15) is 18.4 Å². The van der Waals surface area contributed by atoms with Gasteiger partial charge in [-0.05, 0) is 31.2 Å². The van der Waals surface area contributed by atoms with Gasteiger partial charge in [0.1, 0.15) is 0 Å². The zero-order chi connectivity index (χ0) is 18.4. The second-order valence-corrected chi connectivity index (χ2v) is 6.82. The summed E-state index contributed by atoms with van der Waals surface area (Å²) in [5, 5.41) is 0.897. The molecule has 0 fully saturated rings. The van der Waals surface area contributed by atoms with Crippen molar-refractivity contribution in [1.82, 2.24) is 4.98 Å². The van der Waals surface area contributed by atoms with Gasteiger partial charge in [0.15, 0.2) is 6.61 Å². The van der Waals surface area contributed by atoms with Crippen LogP contribution in [0.15, 0.2) is 54.6 Å². The Morgan fingerprint density at radius 3 is 2.54 bits per heavy atom. The van der Waals surface area contributed by atoms with E-state index in [0.29, 0.717) is 13.0 Å². The van der Waals surface area contributed by atoms with Crippen molar-refractivity contribution >= 4 is 39.1 Å².